The van der Waals surface area contributed by atoms with Crippen molar-refractivity contribution in [3.8, 4) is 5.75 Å². The lowest BCUT2D eigenvalue weighted by Gasteiger charge is -2.30. The summed E-state index contributed by atoms with van der Waals surface area (Å²) < 4.78 is 5.59. The van der Waals surface area contributed by atoms with Gasteiger partial charge in [-0.15, -0.1) is 0 Å². The third kappa shape index (κ3) is 3.74. The van der Waals surface area contributed by atoms with Gasteiger partial charge < -0.3 is 21.1 Å². The van der Waals surface area contributed by atoms with Gasteiger partial charge in [0, 0.05) is 23.5 Å². The Bertz CT molecular complexity index is 787. The maximum absolute atomic E-state index is 12.5. The average molecular weight is 339 g/mol. The van der Waals surface area contributed by atoms with E-state index < -0.39 is 5.91 Å². The fourth-order valence-electron chi connectivity index (χ4n) is 3.02. The number of nitrogens with zero attached hydrogens (tertiary/aromatic N) is 1. The number of carbonyl (C=O) groups excluding carboxylic acids is 2. The molecule has 0 radical (unpaired) electrons. The molecule has 2 aromatic rings. The summed E-state index contributed by atoms with van der Waals surface area (Å²) in [5.74, 6) is 0.131. The summed E-state index contributed by atoms with van der Waals surface area (Å²) in [6, 6.07) is 12.2. The molecule has 130 valence electrons. The fourth-order valence-corrected chi connectivity index (χ4v) is 3.02. The smallest absolute Gasteiger partial charge is 0.248 e. The predicted molar refractivity (Wildman–Crippen MR) is 96.6 cm³/mol. The van der Waals surface area contributed by atoms with Crippen LogP contribution in [0.5, 0.6) is 5.75 Å². The number of carbonyl (C=O) groups is 2. The molecule has 25 heavy (non-hydrogen) atoms. The van der Waals surface area contributed by atoms with E-state index in [4.69, 9.17) is 16.2 Å². The number of hydrogen-bond acceptors (Lipinski definition) is 4. The van der Waals surface area contributed by atoms with Crippen LogP contribution in [0.2, 0.25) is 0 Å². The number of primary amides is 1. The number of rotatable bonds is 5. The molecule has 1 aliphatic rings. The van der Waals surface area contributed by atoms with Crippen LogP contribution in [0.15, 0.2) is 42.5 Å². The number of anilines is 2. The Kier molecular flexibility index (Phi) is 4.88. The van der Waals surface area contributed by atoms with E-state index in [0.29, 0.717) is 17.9 Å². The average Bonchev–Trinajstić information content (AvgIpc) is 2.62. The third-order valence-corrected chi connectivity index (χ3v) is 4.31. The molecule has 1 heterocycles. The van der Waals surface area contributed by atoms with Gasteiger partial charge in [-0.2, -0.15) is 0 Å². The number of ether oxygens (including phenoxy) is 1. The highest BCUT2D eigenvalue weighted by molar-refractivity contribution is 5.95. The summed E-state index contributed by atoms with van der Waals surface area (Å²) in [4.78, 5) is 25.4. The van der Waals surface area contributed by atoms with Crippen LogP contribution < -0.4 is 21.1 Å². The summed E-state index contributed by atoms with van der Waals surface area (Å²) >= 11 is 0. The number of hydrogen-bond donors (Lipinski definition) is 2. The van der Waals surface area contributed by atoms with Gasteiger partial charge in [-0.1, -0.05) is 6.07 Å². The lowest BCUT2D eigenvalue weighted by Crippen LogP contribution is -2.36. The number of nitrogens with two attached hydrogens (primary N) is 2. The summed E-state index contributed by atoms with van der Waals surface area (Å²) in [5.41, 5.74) is 14.3. The van der Waals surface area contributed by atoms with Gasteiger partial charge in [0.15, 0.2) is 0 Å². The van der Waals surface area contributed by atoms with Crippen molar-refractivity contribution in [3.05, 3.63) is 53.6 Å². The molecule has 2 aromatic carbocycles. The van der Waals surface area contributed by atoms with Gasteiger partial charge in [0.05, 0.1) is 13.0 Å². The highest BCUT2D eigenvalue weighted by Crippen LogP contribution is 2.31. The molecule has 0 saturated heterocycles. The quantitative estimate of drug-likeness (QED) is 0.815. The molecular formula is C19H21N3O3. The first-order chi connectivity index (χ1) is 12.1. The molecule has 0 spiro atoms. The lowest BCUT2D eigenvalue weighted by atomic mass is 9.99. The minimum Gasteiger partial charge on any atom is -0.493 e. The molecule has 1 aliphatic heterocycles. The molecule has 0 aromatic heterocycles. The van der Waals surface area contributed by atoms with E-state index in [1.165, 1.54) is 0 Å². The summed E-state index contributed by atoms with van der Waals surface area (Å²) in [5, 5.41) is 0. The van der Waals surface area contributed by atoms with Crippen LogP contribution in [0.4, 0.5) is 11.4 Å². The van der Waals surface area contributed by atoms with E-state index in [0.717, 1.165) is 29.8 Å². The van der Waals surface area contributed by atoms with E-state index in [1.807, 2.05) is 18.2 Å². The van der Waals surface area contributed by atoms with Gasteiger partial charge in [0.25, 0.3) is 0 Å². The minimum atomic E-state index is -0.482. The molecule has 6 nitrogen and oxygen atoms in total. The third-order valence-electron chi connectivity index (χ3n) is 4.31. The maximum Gasteiger partial charge on any atom is 0.248 e. The molecule has 6 heteroatoms. The largest absolute Gasteiger partial charge is 0.493 e. The first-order valence-corrected chi connectivity index (χ1v) is 8.26. The molecule has 0 aliphatic carbocycles. The highest BCUT2D eigenvalue weighted by Gasteiger charge is 2.23. The zero-order valence-electron chi connectivity index (χ0n) is 13.9. The fraction of sp³-hybridized carbons (Fsp3) is 0.263. The van der Waals surface area contributed by atoms with Crippen LogP contribution in [0.25, 0.3) is 0 Å². The number of amides is 2. The normalized spacial score (nSPS) is 13.2. The molecule has 0 fully saturated rings. The zero-order chi connectivity index (χ0) is 17.8. The van der Waals surface area contributed by atoms with Crippen molar-refractivity contribution in [2.45, 2.75) is 19.3 Å². The SMILES string of the molecule is NC(=O)c1ccc(OCCC(=O)N2CCCc3c(N)cccc32)cc1. The second-order valence-electron chi connectivity index (χ2n) is 5.98. The highest BCUT2D eigenvalue weighted by atomic mass is 16.5. The van der Waals surface area contributed by atoms with Crippen LogP contribution in [-0.4, -0.2) is 25.0 Å². The van der Waals surface area contributed by atoms with E-state index in [2.05, 4.69) is 0 Å². The van der Waals surface area contributed by atoms with Crippen molar-refractivity contribution in [3.63, 3.8) is 0 Å². The molecule has 0 atom stereocenters. The van der Waals surface area contributed by atoms with E-state index >= 15 is 0 Å². The van der Waals surface area contributed by atoms with Crippen molar-refractivity contribution >= 4 is 23.2 Å². The molecule has 0 saturated carbocycles. The second kappa shape index (κ2) is 7.25. The lowest BCUT2D eigenvalue weighted by molar-refractivity contribution is -0.119. The van der Waals surface area contributed by atoms with Crippen molar-refractivity contribution < 1.29 is 14.3 Å². The Morgan fingerprint density at radius 2 is 1.88 bits per heavy atom. The molecule has 2 amide bonds. The second-order valence-corrected chi connectivity index (χ2v) is 5.98. The molecular weight excluding hydrogens is 318 g/mol. The molecule has 0 bridgehead atoms. The minimum absolute atomic E-state index is 0.0142. The van der Waals surface area contributed by atoms with Crippen molar-refractivity contribution in [1.29, 1.82) is 0 Å². The Balaban J connectivity index is 1.59. The molecule has 3 rings (SSSR count). The number of fused-ring (bicyclic) bond motifs is 1. The Hall–Kier alpha value is -3.02. The van der Waals surface area contributed by atoms with Crippen LogP contribution in [0, 0.1) is 0 Å². The van der Waals surface area contributed by atoms with Gasteiger partial charge in [0.2, 0.25) is 11.8 Å². The molecule has 0 unspecified atom stereocenters. The van der Waals surface area contributed by atoms with Crippen molar-refractivity contribution in [2.24, 2.45) is 5.73 Å². The van der Waals surface area contributed by atoms with Crippen LogP contribution >= 0.6 is 0 Å². The van der Waals surface area contributed by atoms with Crippen molar-refractivity contribution in [1.82, 2.24) is 0 Å². The Morgan fingerprint density at radius 3 is 2.60 bits per heavy atom. The van der Waals surface area contributed by atoms with Gasteiger partial charge in [0.1, 0.15) is 5.75 Å². The van der Waals surface area contributed by atoms with Crippen LogP contribution in [-0.2, 0) is 11.2 Å². The number of nitrogen functional groups attached to an aromatic ring is 1. The summed E-state index contributed by atoms with van der Waals surface area (Å²) in [6.45, 7) is 0.964. The number of benzene rings is 2. The van der Waals surface area contributed by atoms with Gasteiger partial charge >= 0.3 is 0 Å². The summed E-state index contributed by atoms with van der Waals surface area (Å²) in [6.07, 6.45) is 2.07. The van der Waals surface area contributed by atoms with Gasteiger partial charge in [-0.05, 0) is 54.8 Å². The Morgan fingerprint density at radius 1 is 1.12 bits per heavy atom. The summed E-state index contributed by atoms with van der Waals surface area (Å²) in [7, 11) is 0. The van der Waals surface area contributed by atoms with Crippen LogP contribution in [0.1, 0.15) is 28.8 Å². The first kappa shape index (κ1) is 16.8. The van der Waals surface area contributed by atoms with E-state index in [-0.39, 0.29) is 18.9 Å². The topological polar surface area (TPSA) is 98.7 Å². The van der Waals surface area contributed by atoms with Crippen molar-refractivity contribution in [2.75, 3.05) is 23.8 Å². The van der Waals surface area contributed by atoms with Gasteiger partial charge in [-0.25, -0.2) is 0 Å². The first-order valence-electron chi connectivity index (χ1n) is 8.26. The van der Waals surface area contributed by atoms with Gasteiger partial charge in [-0.3, -0.25) is 9.59 Å². The Labute approximate surface area is 146 Å². The predicted octanol–water partition coefficient (Wildman–Crippen LogP) is 2.12. The standard InChI is InChI=1S/C19H21N3O3/c20-16-4-1-5-17-15(16)3-2-11-22(17)18(23)10-12-25-14-8-6-13(7-9-14)19(21)24/h1,4-9H,2-3,10-12,20H2,(H2,21,24). The van der Waals surface area contributed by atoms with Crippen LogP contribution in [0.3, 0.4) is 0 Å². The van der Waals surface area contributed by atoms with E-state index in [9.17, 15) is 9.59 Å². The zero-order valence-corrected chi connectivity index (χ0v) is 13.9. The van der Waals surface area contributed by atoms with E-state index in [1.54, 1.807) is 29.2 Å². The monoisotopic (exact) mass is 339 g/mol. The molecule has 4 N–H and O–H groups in total. The maximum atomic E-state index is 12.5.